The molecule has 0 radical (unpaired) electrons. The number of rotatable bonds is 6. The van der Waals surface area contributed by atoms with Crippen LogP contribution in [0.4, 0.5) is 0 Å². The van der Waals surface area contributed by atoms with Crippen LogP contribution in [0.1, 0.15) is 38.5 Å². The number of primary amides is 1. The fraction of sp³-hybridized carbons (Fsp3) is 0.733. The maximum atomic E-state index is 12.6. The Morgan fingerprint density at radius 2 is 1.75 bits per heavy atom. The number of aromatic nitrogens is 2. The maximum Gasteiger partial charge on any atom is 0.233 e. The molecule has 132 valence electrons. The van der Waals surface area contributed by atoms with E-state index in [0.29, 0.717) is 22.1 Å². The summed E-state index contributed by atoms with van der Waals surface area (Å²) in [6.07, 6.45) is 7.40. The lowest BCUT2D eigenvalue weighted by atomic mass is 9.78. The van der Waals surface area contributed by atoms with Crippen LogP contribution in [0.15, 0.2) is 8.68 Å². The number of hydrogen-bond donors (Lipinski definition) is 1. The van der Waals surface area contributed by atoms with Gasteiger partial charge in [0.1, 0.15) is 0 Å². The molecule has 1 aromatic heterocycles. The van der Waals surface area contributed by atoms with Crippen molar-refractivity contribution in [2.75, 3.05) is 18.1 Å². The molecule has 9 heteroatoms. The molecule has 2 amide bonds. The molecule has 2 fully saturated rings. The Balaban J connectivity index is 1.50. The summed E-state index contributed by atoms with van der Waals surface area (Å²) in [6, 6.07) is 0.455. The Labute approximate surface area is 154 Å². The second-order valence-electron chi connectivity index (χ2n) is 6.22. The largest absolute Gasteiger partial charge is 0.369 e. The van der Waals surface area contributed by atoms with E-state index in [4.69, 9.17) is 5.73 Å². The van der Waals surface area contributed by atoms with E-state index in [2.05, 4.69) is 15.1 Å². The molecule has 0 bridgehead atoms. The normalized spacial score (nSPS) is 23.8. The van der Waals surface area contributed by atoms with Gasteiger partial charge in [0.15, 0.2) is 8.68 Å². The van der Waals surface area contributed by atoms with Crippen LogP contribution in [0.25, 0.3) is 0 Å². The van der Waals surface area contributed by atoms with Gasteiger partial charge in [-0.2, -0.15) is 0 Å². The Bertz CT molecular complexity index is 593. The summed E-state index contributed by atoms with van der Waals surface area (Å²) >= 11 is 4.14. The van der Waals surface area contributed by atoms with Crippen molar-refractivity contribution in [1.82, 2.24) is 15.1 Å². The molecule has 0 aromatic carbocycles. The summed E-state index contributed by atoms with van der Waals surface area (Å²) in [5, 5.41) is 8.10. The molecule has 2 unspecified atom stereocenters. The van der Waals surface area contributed by atoms with Gasteiger partial charge in [0.25, 0.3) is 0 Å². The van der Waals surface area contributed by atoms with E-state index >= 15 is 0 Å². The maximum absolute atomic E-state index is 12.6. The Morgan fingerprint density at radius 1 is 1.08 bits per heavy atom. The minimum atomic E-state index is -0.369. The molecular formula is C15H22N4O2S3. The Hall–Kier alpha value is -0.800. The number of fused-ring (bicyclic) bond motifs is 1. The topological polar surface area (TPSA) is 89.2 Å². The van der Waals surface area contributed by atoms with Crippen LogP contribution >= 0.6 is 34.9 Å². The third kappa shape index (κ3) is 4.64. The first-order valence-corrected chi connectivity index (χ1v) is 11.1. The predicted molar refractivity (Wildman–Crippen MR) is 97.2 cm³/mol. The summed E-state index contributed by atoms with van der Waals surface area (Å²) in [7, 11) is 0. The van der Waals surface area contributed by atoms with Crippen molar-refractivity contribution < 1.29 is 9.59 Å². The van der Waals surface area contributed by atoms with Crippen molar-refractivity contribution in [2.24, 2.45) is 11.7 Å². The van der Waals surface area contributed by atoms with Crippen LogP contribution in [0.5, 0.6) is 0 Å². The zero-order valence-electron chi connectivity index (χ0n) is 13.5. The molecule has 0 spiro atoms. The van der Waals surface area contributed by atoms with E-state index in [1.807, 2.05) is 0 Å². The van der Waals surface area contributed by atoms with Gasteiger partial charge in [-0.1, -0.05) is 47.7 Å². The Morgan fingerprint density at radius 3 is 2.50 bits per heavy atom. The molecule has 2 aliphatic rings. The third-order valence-corrected chi connectivity index (χ3v) is 7.81. The second-order valence-corrected chi connectivity index (χ2v) is 9.64. The number of nitrogens with two attached hydrogens (primary N) is 1. The molecule has 1 aliphatic heterocycles. The third-order valence-electron chi connectivity index (χ3n) is 4.61. The van der Waals surface area contributed by atoms with Crippen LogP contribution in [0.3, 0.4) is 0 Å². The van der Waals surface area contributed by atoms with Gasteiger partial charge in [0.05, 0.1) is 11.5 Å². The lowest BCUT2D eigenvalue weighted by Crippen LogP contribution is -2.50. The highest BCUT2D eigenvalue weighted by Crippen LogP contribution is 2.36. The lowest BCUT2D eigenvalue weighted by Gasteiger charge is -2.44. The van der Waals surface area contributed by atoms with Gasteiger partial charge in [-0.25, -0.2) is 0 Å². The van der Waals surface area contributed by atoms with Crippen LogP contribution in [0.2, 0.25) is 0 Å². The fourth-order valence-electron chi connectivity index (χ4n) is 3.59. The van der Waals surface area contributed by atoms with Crippen LogP contribution in [-0.2, 0) is 9.59 Å². The number of hydrogen-bond acceptors (Lipinski definition) is 7. The molecule has 1 aliphatic carbocycles. The number of amides is 2. The average Bonchev–Trinajstić information content (AvgIpc) is 3.05. The van der Waals surface area contributed by atoms with Gasteiger partial charge in [0, 0.05) is 12.6 Å². The number of carbonyl (C=O) groups excluding carboxylic acids is 2. The molecular weight excluding hydrogens is 364 g/mol. The first-order chi connectivity index (χ1) is 11.6. The van der Waals surface area contributed by atoms with Crippen molar-refractivity contribution >= 4 is 46.7 Å². The smallest absolute Gasteiger partial charge is 0.233 e. The molecule has 24 heavy (non-hydrogen) atoms. The van der Waals surface area contributed by atoms with Crippen molar-refractivity contribution in [3.05, 3.63) is 0 Å². The van der Waals surface area contributed by atoms with Gasteiger partial charge in [-0.3, -0.25) is 9.59 Å². The van der Waals surface area contributed by atoms with Crippen LogP contribution < -0.4 is 5.73 Å². The van der Waals surface area contributed by atoms with Gasteiger partial charge < -0.3 is 10.6 Å². The number of nitrogens with zero attached hydrogens (tertiary/aromatic N) is 3. The summed E-state index contributed by atoms with van der Waals surface area (Å²) in [6.45, 7) is 0.899. The molecule has 1 saturated heterocycles. The van der Waals surface area contributed by atoms with Crippen molar-refractivity contribution in [3.8, 4) is 0 Å². The van der Waals surface area contributed by atoms with Crippen molar-refractivity contribution in [2.45, 2.75) is 53.2 Å². The van der Waals surface area contributed by atoms with Crippen LogP contribution in [-0.4, -0.2) is 51.0 Å². The van der Waals surface area contributed by atoms with Crippen molar-refractivity contribution in [3.63, 3.8) is 0 Å². The first kappa shape index (κ1) is 18.0. The van der Waals surface area contributed by atoms with Gasteiger partial charge in [0.2, 0.25) is 11.8 Å². The molecule has 2 atom stereocenters. The summed E-state index contributed by atoms with van der Waals surface area (Å²) in [5.74, 6) is 1.18. The molecule has 1 aromatic rings. The predicted octanol–water partition coefficient (Wildman–Crippen LogP) is 2.39. The molecule has 3 rings (SSSR count). The highest BCUT2D eigenvalue weighted by atomic mass is 32.2. The van der Waals surface area contributed by atoms with Crippen molar-refractivity contribution in [1.29, 1.82) is 0 Å². The van der Waals surface area contributed by atoms with Crippen LogP contribution in [0, 0.1) is 5.92 Å². The lowest BCUT2D eigenvalue weighted by molar-refractivity contribution is -0.134. The van der Waals surface area contributed by atoms with E-state index in [9.17, 15) is 9.59 Å². The molecule has 2 heterocycles. The molecule has 1 saturated carbocycles. The Kier molecular flexibility index (Phi) is 6.40. The average molecular weight is 387 g/mol. The van der Waals surface area contributed by atoms with E-state index < -0.39 is 0 Å². The fourth-order valence-corrected chi connectivity index (χ4v) is 6.23. The molecule has 6 nitrogen and oxygen atoms in total. The summed E-state index contributed by atoms with van der Waals surface area (Å²) in [5.41, 5.74) is 5.12. The number of thioether (sulfide) groups is 2. The summed E-state index contributed by atoms with van der Waals surface area (Å²) in [4.78, 5) is 25.5. The highest BCUT2D eigenvalue weighted by Gasteiger charge is 2.35. The minimum Gasteiger partial charge on any atom is -0.369 e. The number of likely N-dealkylation sites (tertiary alicyclic amines) is 1. The number of carbonyl (C=O) groups is 2. The molecule has 2 N–H and O–H groups in total. The monoisotopic (exact) mass is 386 g/mol. The van der Waals surface area contributed by atoms with Gasteiger partial charge in [-0.05, 0) is 31.6 Å². The quantitative estimate of drug-likeness (QED) is 0.755. The van der Waals surface area contributed by atoms with Gasteiger partial charge in [-0.15, -0.1) is 10.2 Å². The standard InChI is InChI=1S/C15H22N4O2S3/c16-12(20)8-22-14-17-18-15(24-14)23-9-13(21)19-7-3-5-10-4-1-2-6-11(10)19/h10-11H,1-9H2,(H2,16,20). The highest BCUT2D eigenvalue weighted by molar-refractivity contribution is 8.03. The zero-order valence-corrected chi connectivity index (χ0v) is 15.9. The second kappa shape index (κ2) is 8.53. The van der Waals surface area contributed by atoms with E-state index in [-0.39, 0.29) is 17.6 Å². The SMILES string of the molecule is NC(=O)CSc1nnc(SCC(=O)N2CCCC3CCCCC32)s1. The van der Waals surface area contributed by atoms with Gasteiger partial charge >= 0.3 is 0 Å². The number of piperidine rings is 1. The van der Waals surface area contributed by atoms with E-state index in [0.717, 1.165) is 23.7 Å². The summed E-state index contributed by atoms with van der Waals surface area (Å²) < 4.78 is 1.49. The van der Waals surface area contributed by atoms with E-state index in [1.165, 1.54) is 60.5 Å². The van der Waals surface area contributed by atoms with E-state index in [1.54, 1.807) is 0 Å². The zero-order chi connectivity index (χ0) is 16.9. The minimum absolute atomic E-state index is 0.203. The first-order valence-electron chi connectivity index (χ1n) is 8.30.